The molecule has 1 unspecified atom stereocenters. The summed E-state index contributed by atoms with van der Waals surface area (Å²) in [5.74, 6) is 0.379. The average molecular weight is 178 g/mol. The van der Waals surface area contributed by atoms with E-state index in [1.54, 1.807) is 0 Å². The van der Waals surface area contributed by atoms with Gasteiger partial charge in [0.25, 0.3) is 0 Å². The van der Waals surface area contributed by atoms with Crippen molar-refractivity contribution < 1.29 is 4.79 Å². The first-order valence-electron chi connectivity index (χ1n) is 4.78. The van der Waals surface area contributed by atoms with Gasteiger partial charge in [-0.15, -0.1) is 0 Å². The second kappa shape index (κ2) is 3.32. The van der Waals surface area contributed by atoms with E-state index < -0.39 is 0 Å². The lowest BCUT2D eigenvalue weighted by molar-refractivity contribution is -0.121. The highest BCUT2D eigenvalue weighted by Gasteiger charge is 2.20. The van der Waals surface area contributed by atoms with Crippen molar-refractivity contribution in [3.8, 4) is 0 Å². The van der Waals surface area contributed by atoms with Gasteiger partial charge in [-0.3, -0.25) is 9.48 Å². The van der Waals surface area contributed by atoms with Crippen LogP contribution in [0.15, 0.2) is 12.4 Å². The summed E-state index contributed by atoms with van der Waals surface area (Å²) in [6.07, 6.45) is 7.40. The number of hydrogen-bond acceptors (Lipinski definition) is 2. The van der Waals surface area contributed by atoms with Crippen molar-refractivity contribution in [2.24, 2.45) is 0 Å². The van der Waals surface area contributed by atoms with E-state index in [0.29, 0.717) is 18.2 Å². The minimum Gasteiger partial charge on any atom is -0.300 e. The van der Waals surface area contributed by atoms with Gasteiger partial charge in [0.2, 0.25) is 0 Å². The van der Waals surface area contributed by atoms with Crippen LogP contribution in [0, 0.1) is 6.92 Å². The Hall–Kier alpha value is -1.12. The van der Waals surface area contributed by atoms with E-state index in [-0.39, 0.29) is 0 Å². The first kappa shape index (κ1) is 8.48. The molecule has 3 heteroatoms. The van der Waals surface area contributed by atoms with Crippen LogP contribution in [-0.4, -0.2) is 15.6 Å². The molecule has 0 aliphatic heterocycles. The zero-order valence-corrected chi connectivity index (χ0v) is 7.86. The van der Waals surface area contributed by atoms with Gasteiger partial charge in [0, 0.05) is 19.0 Å². The van der Waals surface area contributed by atoms with Gasteiger partial charge in [-0.05, 0) is 25.3 Å². The SMILES string of the molecule is Cc1cnn(C2CCCC(=O)C2)c1. The van der Waals surface area contributed by atoms with E-state index in [0.717, 1.165) is 24.8 Å². The van der Waals surface area contributed by atoms with Gasteiger partial charge < -0.3 is 0 Å². The van der Waals surface area contributed by atoms with Crippen LogP contribution >= 0.6 is 0 Å². The Labute approximate surface area is 77.7 Å². The van der Waals surface area contributed by atoms with Gasteiger partial charge in [0.15, 0.2) is 0 Å². The van der Waals surface area contributed by atoms with Crippen LogP contribution < -0.4 is 0 Å². The number of Topliss-reactive ketones (excluding diaryl/α,β-unsaturated/α-hetero) is 1. The number of carbonyl (C=O) groups is 1. The molecule has 70 valence electrons. The molecule has 1 fully saturated rings. The van der Waals surface area contributed by atoms with Gasteiger partial charge in [0.1, 0.15) is 5.78 Å². The Balaban J connectivity index is 2.12. The Morgan fingerprint density at radius 2 is 2.46 bits per heavy atom. The molecule has 0 radical (unpaired) electrons. The van der Waals surface area contributed by atoms with Crippen molar-refractivity contribution in [2.75, 3.05) is 0 Å². The molecule has 0 bridgehead atoms. The number of aromatic nitrogens is 2. The first-order chi connectivity index (χ1) is 6.25. The maximum absolute atomic E-state index is 11.2. The summed E-state index contributed by atoms with van der Waals surface area (Å²) >= 11 is 0. The minimum absolute atomic E-state index is 0.315. The van der Waals surface area contributed by atoms with Crippen molar-refractivity contribution in [3.05, 3.63) is 18.0 Å². The quantitative estimate of drug-likeness (QED) is 0.658. The Morgan fingerprint density at radius 1 is 1.62 bits per heavy atom. The van der Waals surface area contributed by atoms with E-state index in [1.165, 1.54) is 0 Å². The summed E-state index contributed by atoms with van der Waals surface area (Å²) in [5, 5.41) is 4.24. The number of aryl methyl sites for hydroxylation is 1. The zero-order chi connectivity index (χ0) is 9.26. The second-order valence-electron chi connectivity index (χ2n) is 3.79. The molecule has 1 aromatic heterocycles. The fraction of sp³-hybridized carbons (Fsp3) is 0.600. The summed E-state index contributed by atoms with van der Waals surface area (Å²) in [7, 11) is 0. The summed E-state index contributed by atoms with van der Waals surface area (Å²) in [5.41, 5.74) is 1.16. The average Bonchev–Trinajstić information content (AvgIpc) is 2.52. The molecule has 0 spiro atoms. The fourth-order valence-electron chi connectivity index (χ4n) is 1.86. The Kier molecular flexibility index (Phi) is 2.17. The summed E-state index contributed by atoms with van der Waals surface area (Å²) in [6, 6.07) is 0.315. The lowest BCUT2D eigenvalue weighted by Crippen LogP contribution is -2.19. The van der Waals surface area contributed by atoms with Crippen LogP contribution in [0.5, 0.6) is 0 Å². The van der Waals surface area contributed by atoms with E-state index in [4.69, 9.17) is 0 Å². The highest BCUT2D eigenvalue weighted by molar-refractivity contribution is 5.79. The molecular weight excluding hydrogens is 164 g/mol. The summed E-state index contributed by atoms with van der Waals surface area (Å²) in [4.78, 5) is 11.2. The molecule has 1 aromatic rings. The number of nitrogens with zero attached hydrogens (tertiary/aromatic N) is 2. The van der Waals surface area contributed by atoms with Crippen LogP contribution in [0.4, 0.5) is 0 Å². The van der Waals surface area contributed by atoms with Crippen molar-refractivity contribution >= 4 is 5.78 Å². The van der Waals surface area contributed by atoms with Crippen LogP contribution in [0.3, 0.4) is 0 Å². The van der Waals surface area contributed by atoms with Gasteiger partial charge in [-0.25, -0.2) is 0 Å². The molecule has 13 heavy (non-hydrogen) atoms. The van der Waals surface area contributed by atoms with E-state index in [1.807, 2.05) is 24.0 Å². The van der Waals surface area contributed by atoms with Gasteiger partial charge in [-0.2, -0.15) is 5.10 Å². The maximum atomic E-state index is 11.2. The molecular formula is C10H14N2O. The molecule has 1 saturated carbocycles. The molecule has 1 heterocycles. The molecule has 0 N–H and O–H groups in total. The van der Waals surface area contributed by atoms with Crippen molar-refractivity contribution in [2.45, 2.75) is 38.6 Å². The number of carbonyl (C=O) groups excluding carboxylic acids is 1. The topological polar surface area (TPSA) is 34.9 Å². The van der Waals surface area contributed by atoms with Crippen molar-refractivity contribution in [1.82, 2.24) is 9.78 Å². The maximum Gasteiger partial charge on any atom is 0.135 e. The smallest absolute Gasteiger partial charge is 0.135 e. The molecule has 0 saturated heterocycles. The highest BCUT2D eigenvalue weighted by Crippen LogP contribution is 2.25. The van der Waals surface area contributed by atoms with Crippen LogP contribution in [0.2, 0.25) is 0 Å². The highest BCUT2D eigenvalue weighted by atomic mass is 16.1. The Bertz CT molecular complexity index is 316. The number of hydrogen-bond donors (Lipinski definition) is 0. The van der Waals surface area contributed by atoms with E-state index in [9.17, 15) is 4.79 Å². The number of rotatable bonds is 1. The van der Waals surface area contributed by atoms with Gasteiger partial charge in [0.05, 0.1) is 12.2 Å². The molecule has 1 atom stereocenters. The molecule has 2 rings (SSSR count). The first-order valence-corrected chi connectivity index (χ1v) is 4.78. The van der Waals surface area contributed by atoms with Gasteiger partial charge in [-0.1, -0.05) is 0 Å². The largest absolute Gasteiger partial charge is 0.300 e. The normalized spacial score (nSPS) is 23.5. The predicted molar refractivity (Wildman–Crippen MR) is 49.5 cm³/mol. The fourth-order valence-corrected chi connectivity index (χ4v) is 1.86. The third-order valence-electron chi connectivity index (χ3n) is 2.56. The molecule has 0 aromatic carbocycles. The molecule has 0 amide bonds. The zero-order valence-electron chi connectivity index (χ0n) is 7.86. The van der Waals surface area contributed by atoms with E-state index >= 15 is 0 Å². The minimum atomic E-state index is 0.315. The number of ketones is 1. The second-order valence-corrected chi connectivity index (χ2v) is 3.79. The lowest BCUT2D eigenvalue weighted by atomic mass is 9.94. The van der Waals surface area contributed by atoms with Crippen LogP contribution in [-0.2, 0) is 4.79 Å². The van der Waals surface area contributed by atoms with Crippen molar-refractivity contribution in [1.29, 1.82) is 0 Å². The lowest BCUT2D eigenvalue weighted by Gasteiger charge is -2.20. The molecule has 1 aliphatic rings. The van der Waals surface area contributed by atoms with E-state index in [2.05, 4.69) is 5.10 Å². The third kappa shape index (κ3) is 1.79. The predicted octanol–water partition coefficient (Wildman–Crippen LogP) is 1.88. The van der Waals surface area contributed by atoms with Gasteiger partial charge >= 0.3 is 0 Å². The standard InChI is InChI=1S/C10H14N2O/c1-8-6-11-12(7-8)9-3-2-4-10(13)5-9/h6-7,9H,2-5H2,1H3. The summed E-state index contributed by atoms with van der Waals surface area (Å²) < 4.78 is 1.94. The van der Waals surface area contributed by atoms with Crippen LogP contribution in [0.25, 0.3) is 0 Å². The molecule has 3 nitrogen and oxygen atoms in total. The summed E-state index contributed by atoms with van der Waals surface area (Å²) in [6.45, 7) is 2.02. The van der Waals surface area contributed by atoms with Crippen molar-refractivity contribution in [3.63, 3.8) is 0 Å². The van der Waals surface area contributed by atoms with Crippen LogP contribution in [0.1, 0.15) is 37.3 Å². The molecule has 1 aliphatic carbocycles. The Morgan fingerprint density at radius 3 is 3.08 bits per heavy atom. The third-order valence-corrected chi connectivity index (χ3v) is 2.56. The monoisotopic (exact) mass is 178 g/mol.